The Balaban J connectivity index is 1.39. The van der Waals surface area contributed by atoms with Gasteiger partial charge in [0.25, 0.3) is 5.91 Å². The predicted molar refractivity (Wildman–Crippen MR) is 147 cm³/mol. The van der Waals surface area contributed by atoms with Gasteiger partial charge in [-0.3, -0.25) is 9.59 Å². The minimum Gasteiger partial charge on any atom is -0.481 e. The van der Waals surface area contributed by atoms with Crippen LogP contribution in [0.4, 0.5) is 17.5 Å². The molecule has 2 heterocycles. The number of aliphatic carboxylic acids is 1. The lowest BCUT2D eigenvalue weighted by Crippen LogP contribution is -2.42. The molecule has 206 valence electrons. The van der Waals surface area contributed by atoms with Gasteiger partial charge in [0.15, 0.2) is 17.0 Å². The molecule has 1 amide bonds. The third-order valence-electron chi connectivity index (χ3n) is 5.93. The average molecular weight is 545 g/mol. The largest absolute Gasteiger partial charge is 0.481 e. The molecule has 0 fully saturated rings. The summed E-state index contributed by atoms with van der Waals surface area (Å²) in [5.74, 6) is -2.17. The summed E-state index contributed by atoms with van der Waals surface area (Å²) in [7, 11) is 1.84. The van der Waals surface area contributed by atoms with Gasteiger partial charge in [-0.2, -0.15) is 9.97 Å². The molecule has 4 aromatic rings. The van der Waals surface area contributed by atoms with Gasteiger partial charge in [-0.1, -0.05) is 30.3 Å². The number of amides is 1. The lowest BCUT2D eigenvalue weighted by atomic mass is 10.1. The second-order valence-corrected chi connectivity index (χ2v) is 8.96. The van der Waals surface area contributed by atoms with Crippen LogP contribution >= 0.6 is 0 Å². The van der Waals surface area contributed by atoms with Crippen molar-refractivity contribution in [1.82, 2.24) is 25.3 Å². The number of hydrogen-bond acceptors (Lipinski definition) is 11. The Morgan fingerprint density at radius 3 is 2.45 bits per heavy atom. The Labute approximate surface area is 229 Å². The fraction of sp³-hybridized carbons (Fsp3) is 0.222. The van der Waals surface area contributed by atoms with Gasteiger partial charge >= 0.3 is 11.9 Å². The van der Waals surface area contributed by atoms with Gasteiger partial charge in [0.05, 0.1) is 18.4 Å². The number of ether oxygens (including phenoxy) is 1. The van der Waals surface area contributed by atoms with Gasteiger partial charge in [0, 0.05) is 24.7 Å². The first-order valence-electron chi connectivity index (χ1n) is 12.3. The number of nitrogens with one attached hydrogen (secondary N) is 1. The number of rotatable bonds is 11. The third-order valence-corrected chi connectivity index (χ3v) is 5.93. The maximum atomic E-state index is 12.9. The number of carbonyl (C=O) groups excluding carboxylic acids is 2. The summed E-state index contributed by atoms with van der Waals surface area (Å²) in [4.78, 5) is 55.2. The van der Waals surface area contributed by atoms with E-state index >= 15 is 0 Å². The van der Waals surface area contributed by atoms with Crippen molar-refractivity contribution in [3.63, 3.8) is 0 Å². The summed E-state index contributed by atoms with van der Waals surface area (Å²) in [6, 6.07) is 14.6. The average Bonchev–Trinajstić information content (AvgIpc) is 2.94. The number of carboxylic acids is 1. The van der Waals surface area contributed by atoms with Crippen molar-refractivity contribution in [3.05, 3.63) is 77.6 Å². The molecule has 0 aliphatic heterocycles. The van der Waals surface area contributed by atoms with Crippen molar-refractivity contribution < 1.29 is 24.2 Å². The molecule has 0 radical (unpaired) electrons. The Morgan fingerprint density at radius 1 is 1.02 bits per heavy atom. The van der Waals surface area contributed by atoms with Gasteiger partial charge in [0.1, 0.15) is 12.6 Å². The van der Waals surface area contributed by atoms with Crippen LogP contribution in [0, 0.1) is 0 Å². The molecule has 0 saturated heterocycles. The number of carbonyl (C=O) groups is 3. The summed E-state index contributed by atoms with van der Waals surface area (Å²) in [5, 5.41) is 11.7. The summed E-state index contributed by atoms with van der Waals surface area (Å²) < 4.78 is 5.32. The Kier molecular flexibility index (Phi) is 8.64. The van der Waals surface area contributed by atoms with E-state index in [9.17, 15) is 14.4 Å². The van der Waals surface area contributed by atoms with Gasteiger partial charge in [-0.05, 0) is 36.2 Å². The van der Waals surface area contributed by atoms with E-state index in [1.807, 2.05) is 30.1 Å². The molecule has 0 aliphatic rings. The van der Waals surface area contributed by atoms with Crippen LogP contribution in [0.5, 0.6) is 0 Å². The van der Waals surface area contributed by atoms with E-state index in [1.54, 1.807) is 42.6 Å². The van der Waals surface area contributed by atoms with Crippen LogP contribution in [0.3, 0.4) is 0 Å². The first-order chi connectivity index (χ1) is 19.2. The SMILES string of the molecule is CN(Cc1cnc2nc(N)nc(N)c2n1)c1ccc(C(=O)NC(CCC(=O)O)C(=O)OCc2ccccc2)cc1. The summed E-state index contributed by atoms with van der Waals surface area (Å²) >= 11 is 0. The molecule has 2 aromatic carbocycles. The number of benzene rings is 2. The zero-order chi connectivity index (χ0) is 28.6. The maximum Gasteiger partial charge on any atom is 0.328 e. The third kappa shape index (κ3) is 7.16. The van der Waals surface area contributed by atoms with Crippen LogP contribution in [0.2, 0.25) is 0 Å². The van der Waals surface area contributed by atoms with E-state index in [-0.39, 0.29) is 31.2 Å². The molecule has 2 aromatic heterocycles. The molecule has 0 saturated carbocycles. The van der Waals surface area contributed by atoms with Crippen molar-refractivity contribution in [2.45, 2.75) is 32.0 Å². The zero-order valence-corrected chi connectivity index (χ0v) is 21.7. The number of hydrogen-bond donors (Lipinski definition) is 4. The highest BCUT2D eigenvalue weighted by Gasteiger charge is 2.24. The minimum atomic E-state index is -1.12. The first kappa shape index (κ1) is 27.7. The number of aromatic nitrogens is 4. The quantitative estimate of drug-likeness (QED) is 0.200. The van der Waals surface area contributed by atoms with Crippen molar-refractivity contribution in [2.75, 3.05) is 23.4 Å². The van der Waals surface area contributed by atoms with Crippen molar-refractivity contribution in [3.8, 4) is 0 Å². The molecule has 1 atom stereocenters. The number of nitrogen functional groups attached to an aromatic ring is 2. The van der Waals surface area contributed by atoms with Crippen LogP contribution in [0.15, 0.2) is 60.8 Å². The van der Waals surface area contributed by atoms with Crippen LogP contribution < -0.4 is 21.7 Å². The van der Waals surface area contributed by atoms with Crippen molar-refractivity contribution in [1.29, 1.82) is 0 Å². The first-order valence-corrected chi connectivity index (χ1v) is 12.3. The number of anilines is 3. The summed E-state index contributed by atoms with van der Waals surface area (Å²) in [5.41, 5.74) is 14.6. The molecule has 1 unspecified atom stereocenters. The van der Waals surface area contributed by atoms with E-state index in [4.69, 9.17) is 21.3 Å². The normalized spacial score (nSPS) is 11.5. The molecule has 40 heavy (non-hydrogen) atoms. The standard InChI is InChI=1S/C27H28N8O5/c1-35(14-18-13-30-24-22(31-18)23(28)33-27(29)34-24)19-9-7-17(8-10-19)25(38)32-20(11-12-21(36)37)26(39)40-15-16-5-3-2-4-6-16/h2-10,13,20H,11-12,14-15H2,1H3,(H,32,38)(H,36,37)(H4,28,29,30,33,34). The summed E-state index contributed by atoms with van der Waals surface area (Å²) in [6.07, 6.45) is 1.16. The van der Waals surface area contributed by atoms with Gasteiger partial charge in [0.2, 0.25) is 5.95 Å². The van der Waals surface area contributed by atoms with Crippen LogP contribution in [0.1, 0.15) is 34.5 Å². The smallest absolute Gasteiger partial charge is 0.328 e. The van der Waals surface area contributed by atoms with Crippen LogP contribution in [-0.2, 0) is 27.5 Å². The maximum absolute atomic E-state index is 12.9. The minimum absolute atomic E-state index is 0.00933. The highest BCUT2D eigenvalue weighted by Crippen LogP contribution is 2.19. The second-order valence-electron chi connectivity index (χ2n) is 8.96. The topological polar surface area (TPSA) is 200 Å². The molecule has 0 bridgehead atoms. The molecule has 4 rings (SSSR count). The van der Waals surface area contributed by atoms with E-state index in [0.717, 1.165) is 11.3 Å². The van der Waals surface area contributed by atoms with Gasteiger partial charge < -0.3 is 31.5 Å². The molecule has 6 N–H and O–H groups in total. The summed E-state index contributed by atoms with van der Waals surface area (Å²) in [6.45, 7) is 0.387. The van der Waals surface area contributed by atoms with E-state index < -0.39 is 23.9 Å². The fourth-order valence-electron chi connectivity index (χ4n) is 3.85. The molecule has 13 nitrogen and oxygen atoms in total. The lowest BCUT2D eigenvalue weighted by Gasteiger charge is -2.20. The molecule has 0 aliphatic carbocycles. The number of nitrogens with two attached hydrogens (primary N) is 2. The number of fused-ring (bicyclic) bond motifs is 1. The van der Waals surface area contributed by atoms with Crippen molar-refractivity contribution >= 4 is 46.5 Å². The van der Waals surface area contributed by atoms with Gasteiger partial charge in [-0.25, -0.2) is 14.8 Å². The fourth-order valence-corrected chi connectivity index (χ4v) is 3.85. The number of carboxylic acid groups (broad SMARTS) is 1. The van der Waals surface area contributed by atoms with Gasteiger partial charge in [-0.15, -0.1) is 0 Å². The number of nitrogens with zero attached hydrogens (tertiary/aromatic N) is 5. The zero-order valence-electron chi connectivity index (χ0n) is 21.7. The van der Waals surface area contributed by atoms with Crippen LogP contribution in [-0.4, -0.2) is 56.0 Å². The van der Waals surface area contributed by atoms with E-state index in [1.165, 1.54) is 0 Å². The second kappa shape index (κ2) is 12.5. The number of esters is 1. The highest BCUT2D eigenvalue weighted by atomic mass is 16.5. The Hall–Kier alpha value is -5.33. The highest BCUT2D eigenvalue weighted by molar-refractivity contribution is 5.97. The predicted octanol–water partition coefficient (Wildman–Crippen LogP) is 1.93. The Morgan fingerprint density at radius 2 is 1.75 bits per heavy atom. The van der Waals surface area contributed by atoms with E-state index in [2.05, 4.69) is 25.3 Å². The molecule has 0 spiro atoms. The van der Waals surface area contributed by atoms with E-state index in [0.29, 0.717) is 29.0 Å². The molecule has 13 heteroatoms. The molecular weight excluding hydrogens is 516 g/mol. The molecular formula is C27H28N8O5. The van der Waals surface area contributed by atoms with Crippen molar-refractivity contribution in [2.24, 2.45) is 0 Å². The monoisotopic (exact) mass is 544 g/mol. The Bertz CT molecular complexity index is 1520. The van der Waals surface area contributed by atoms with Crippen LogP contribution in [0.25, 0.3) is 11.2 Å². The lowest BCUT2D eigenvalue weighted by molar-refractivity contribution is -0.147.